The van der Waals surface area contributed by atoms with Crippen molar-refractivity contribution in [1.82, 2.24) is 4.90 Å². The molecule has 0 aliphatic carbocycles. The molecular weight excluding hydrogens is 428 g/mol. The lowest BCUT2D eigenvalue weighted by Gasteiger charge is -2.36. The van der Waals surface area contributed by atoms with E-state index >= 15 is 0 Å². The van der Waals surface area contributed by atoms with Gasteiger partial charge in [0.2, 0.25) is 5.91 Å². The maximum Gasteiger partial charge on any atom is 0.323 e. The molecule has 0 saturated carbocycles. The van der Waals surface area contributed by atoms with E-state index in [2.05, 4.69) is 22.5 Å². The summed E-state index contributed by atoms with van der Waals surface area (Å²) in [5.74, 6) is 0.928. The maximum absolute atomic E-state index is 12.5. The second-order valence-electron chi connectivity index (χ2n) is 8.59. The number of nitrogens with one attached hydrogen (secondary N) is 2. The standard InChI is InChI=1S/C27H38N4O3/c1-3-5-6-7-8-13-26(32)31-20-18-30(19-21-31)23-16-14-22(15-17-23)28-27(33)29-24-11-9-10-12-25(24)34-4-2/h9-12,14-17H,3-8,13,18-21H2,1-2H3,(H2,28,29,33). The van der Waals surface area contributed by atoms with Crippen LogP contribution in [0.4, 0.5) is 21.9 Å². The average molecular weight is 467 g/mol. The third-order valence-electron chi connectivity index (χ3n) is 6.05. The summed E-state index contributed by atoms with van der Waals surface area (Å²) in [5.41, 5.74) is 2.44. The Bertz CT molecular complexity index is 908. The highest BCUT2D eigenvalue weighted by atomic mass is 16.5. The highest BCUT2D eigenvalue weighted by molar-refractivity contribution is 6.00. The molecule has 2 aromatic carbocycles. The van der Waals surface area contributed by atoms with Gasteiger partial charge in [-0.1, -0.05) is 44.7 Å². The second-order valence-corrected chi connectivity index (χ2v) is 8.59. The highest BCUT2D eigenvalue weighted by Gasteiger charge is 2.21. The Kier molecular flexibility index (Phi) is 10.1. The van der Waals surface area contributed by atoms with E-state index in [1.165, 1.54) is 19.3 Å². The van der Waals surface area contributed by atoms with Crippen molar-refractivity contribution < 1.29 is 14.3 Å². The number of piperazine rings is 1. The Balaban J connectivity index is 1.43. The number of para-hydroxylation sites is 2. The van der Waals surface area contributed by atoms with Crippen LogP contribution in [0.5, 0.6) is 5.75 Å². The van der Waals surface area contributed by atoms with Crippen LogP contribution >= 0.6 is 0 Å². The number of rotatable bonds is 11. The Labute approximate surface area is 203 Å². The molecule has 1 saturated heterocycles. The van der Waals surface area contributed by atoms with Crippen LogP contribution in [0.1, 0.15) is 52.4 Å². The molecule has 34 heavy (non-hydrogen) atoms. The Morgan fingerprint density at radius 3 is 2.26 bits per heavy atom. The average Bonchev–Trinajstić information content (AvgIpc) is 2.86. The van der Waals surface area contributed by atoms with Crippen LogP contribution in [-0.2, 0) is 4.79 Å². The molecule has 0 atom stereocenters. The largest absolute Gasteiger partial charge is 0.492 e. The van der Waals surface area contributed by atoms with Crippen molar-refractivity contribution in [1.29, 1.82) is 0 Å². The van der Waals surface area contributed by atoms with Gasteiger partial charge in [0, 0.05) is 44.0 Å². The van der Waals surface area contributed by atoms with Crippen LogP contribution < -0.4 is 20.3 Å². The first-order chi connectivity index (χ1) is 16.6. The molecular formula is C27H38N4O3. The first kappa shape index (κ1) is 25.4. The molecule has 0 bridgehead atoms. The molecule has 3 amide bonds. The van der Waals surface area contributed by atoms with E-state index in [9.17, 15) is 9.59 Å². The zero-order chi connectivity index (χ0) is 24.2. The number of nitrogens with zero attached hydrogens (tertiary/aromatic N) is 2. The number of urea groups is 1. The van der Waals surface area contributed by atoms with Crippen LogP contribution in [0.3, 0.4) is 0 Å². The minimum atomic E-state index is -0.318. The van der Waals surface area contributed by atoms with Crippen LogP contribution in [0, 0.1) is 0 Å². The molecule has 1 heterocycles. The number of hydrogen-bond donors (Lipinski definition) is 2. The van der Waals surface area contributed by atoms with Crippen LogP contribution in [0.15, 0.2) is 48.5 Å². The number of benzene rings is 2. The van der Waals surface area contributed by atoms with Gasteiger partial charge in [-0.25, -0.2) is 4.79 Å². The molecule has 1 fully saturated rings. The summed E-state index contributed by atoms with van der Waals surface area (Å²) >= 11 is 0. The number of amides is 3. The van der Waals surface area contributed by atoms with E-state index in [1.807, 2.05) is 60.4 Å². The lowest BCUT2D eigenvalue weighted by atomic mass is 10.1. The van der Waals surface area contributed by atoms with Gasteiger partial charge in [0.1, 0.15) is 5.75 Å². The summed E-state index contributed by atoms with van der Waals surface area (Å²) < 4.78 is 5.55. The first-order valence-electron chi connectivity index (χ1n) is 12.5. The first-order valence-corrected chi connectivity index (χ1v) is 12.5. The van der Waals surface area contributed by atoms with Gasteiger partial charge in [0.15, 0.2) is 0 Å². The Morgan fingerprint density at radius 1 is 0.853 bits per heavy atom. The maximum atomic E-state index is 12.5. The molecule has 2 aromatic rings. The van der Waals surface area contributed by atoms with Crippen molar-refractivity contribution in [2.45, 2.75) is 52.4 Å². The third kappa shape index (κ3) is 7.68. The van der Waals surface area contributed by atoms with Gasteiger partial charge in [0.05, 0.1) is 12.3 Å². The minimum Gasteiger partial charge on any atom is -0.492 e. The Hall–Kier alpha value is -3.22. The monoisotopic (exact) mass is 466 g/mol. The molecule has 7 heteroatoms. The van der Waals surface area contributed by atoms with E-state index in [0.29, 0.717) is 30.2 Å². The van der Waals surface area contributed by atoms with E-state index < -0.39 is 0 Å². The summed E-state index contributed by atoms with van der Waals surface area (Å²) in [6.45, 7) is 7.81. The van der Waals surface area contributed by atoms with Gasteiger partial charge in [-0.3, -0.25) is 4.79 Å². The Morgan fingerprint density at radius 2 is 1.56 bits per heavy atom. The van der Waals surface area contributed by atoms with Gasteiger partial charge < -0.3 is 25.2 Å². The number of unbranched alkanes of at least 4 members (excludes halogenated alkanes) is 4. The van der Waals surface area contributed by atoms with Gasteiger partial charge in [0.25, 0.3) is 0 Å². The molecule has 0 spiro atoms. The summed E-state index contributed by atoms with van der Waals surface area (Å²) in [4.78, 5) is 29.2. The fraction of sp³-hybridized carbons (Fsp3) is 0.481. The van der Waals surface area contributed by atoms with Gasteiger partial charge in [-0.15, -0.1) is 0 Å². The molecule has 0 unspecified atom stereocenters. The molecule has 7 nitrogen and oxygen atoms in total. The smallest absolute Gasteiger partial charge is 0.323 e. The second kappa shape index (κ2) is 13.5. The zero-order valence-corrected chi connectivity index (χ0v) is 20.5. The van der Waals surface area contributed by atoms with Crippen LogP contribution in [-0.4, -0.2) is 49.6 Å². The van der Waals surface area contributed by atoms with E-state index in [0.717, 1.165) is 44.7 Å². The fourth-order valence-electron chi connectivity index (χ4n) is 4.14. The van der Waals surface area contributed by atoms with Gasteiger partial charge in [-0.05, 0) is 49.7 Å². The van der Waals surface area contributed by atoms with Crippen molar-refractivity contribution in [2.24, 2.45) is 0 Å². The number of ether oxygens (including phenoxy) is 1. The van der Waals surface area contributed by atoms with Crippen molar-refractivity contribution in [3.8, 4) is 5.75 Å². The lowest BCUT2D eigenvalue weighted by molar-refractivity contribution is -0.131. The predicted molar refractivity (Wildman–Crippen MR) is 139 cm³/mol. The van der Waals surface area contributed by atoms with Crippen molar-refractivity contribution >= 4 is 29.0 Å². The molecule has 184 valence electrons. The van der Waals surface area contributed by atoms with E-state index in [4.69, 9.17) is 4.74 Å². The SMILES string of the molecule is CCCCCCCC(=O)N1CCN(c2ccc(NC(=O)Nc3ccccc3OCC)cc2)CC1. The van der Waals surface area contributed by atoms with Crippen LogP contribution in [0.2, 0.25) is 0 Å². The van der Waals surface area contributed by atoms with Crippen molar-refractivity contribution in [3.63, 3.8) is 0 Å². The number of hydrogen-bond acceptors (Lipinski definition) is 4. The molecule has 0 aromatic heterocycles. The van der Waals surface area contributed by atoms with E-state index in [-0.39, 0.29) is 11.9 Å². The number of carbonyl (C=O) groups excluding carboxylic acids is 2. The number of carbonyl (C=O) groups is 2. The van der Waals surface area contributed by atoms with Gasteiger partial charge in [-0.2, -0.15) is 0 Å². The zero-order valence-electron chi connectivity index (χ0n) is 20.5. The molecule has 0 radical (unpaired) electrons. The highest BCUT2D eigenvalue weighted by Crippen LogP contribution is 2.24. The molecule has 1 aliphatic heterocycles. The van der Waals surface area contributed by atoms with Crippen molar-refractivity contribution in [3.05, 3.63) is 48.5 Å². The molecule has 2 N–H and O–H groups in total. The van der Waals surface area contributed by atoms with Crippen molar-refractivity contribution in [2.75, 3.05) is 48.3 Å². The van der Waals surface area contributed by atoms with Gasteiger partial charge >= 0.3 is 6.03 Å². The normalized spacial score (nSPS) is 13.5. The number of anilines is 3. The third-order valence-corrected chi connectivity index (χ3v) is 6.05. The summed E-state index contributed by atoms with van der Waals surface area (Å²) in [6.07, 6.45) is 6.53. The minimum absolute atomic E-state index is 0.285. The summed E-state index contributed by atoms with van der Waals surface area (Å²) in [7, 11) is 0. The topological polar surface area (TPSA) is 73.9 Å². The molecule has 3 rings (SSSR count). The van der Waals surface area contributed by atoms with E-state index in [1.54, 1.807) is 0 Å². The quantitative estimate of drug-likeness (QED) is 0.414. The van der Waals surface area contributed by atoms with Crippen LogP contribution in [0.25, 0.3) is 0 Å². The predicted octanol–water partition coefficient (Wildman–Crippen LogP) is 5.74. The summed E-state index contributed by atoms with van der Waals surface area (Å²) in [5, 5.41) is 5.71. The summed E-state index contributed by atoms with van der Waals surface area (Å²) in [6, 6.07) is 14.9. The lowest BCUT2D eigenvalue weighted by Crippen LogP contribution is -2.48. The molecule has 1 aliphatic rings. The fourth-order valence-corrected chi connectivity index (χ4v) is 4.14.